The molecule has 6 nitrogen and oxygen atoms in total. The Balaban J connectivity index is 5.57. The Morgan fingerprint density at radius 1 is 0.581 bits per heavy atom. The molecule has 8 heteroatoms. The third-order valence-electron chi connectivity index (χ3n) is 5.83. The fourth-order valence-corrected chi connectivity index (χ4v) is 16.1. The second-order valence-electron chi connectivity index (χ2n) is 11.2. The number of rotatable bonds is 11. The van der Waals surface area contributed by atoms with Crippen LogP contribution in [0, 0.1) is 17.8 Å². The van der Waals surface area contributed by atoms with Gasteiger partial charge in [-0.05, 0) is 52.5 Å². The van der Waals surface area contributed by atoms with E-state index in [1.165, 1.54) is 0 Å². The van der Waals surface area contributed by atoms with Crippen LogP contribution in [0.1, 0.15) is 83.1 Å². The lowest BCUT2D eigenvalue weighted by Crippen LogP contribution is -2.48. The van der Waals surface area contributed by atoms with Crippen molar-refractivity contribution in [3.63, 3.8) is 0 Å². The van der Waals surface area contributed by atoms with Gasteiger partial charge in [-0.2, -0.15) is 0 Å². The molecule has 0 fully saturated rings. The third kappa shape index (κ3) is 9.55. The number of amides is 2. The van der Waals surface area contributed by atoms with Crippen LogP contribution in [0.4, 0.5) is 9.59 Å². The zero-order valence-corrected chi connectivity index (χ0v) is 24.1. The highest BCUT2D eigenvalue weighted by Gasteiger charge is 2.48. The SMILES string of the molecule is CC(C)C[Si](CC(C)C)(CC(C)C)OC(=O)/N=N/C(=O)O[Si](C(C)C)(C(C)C)C(C)C. The summed E-state index contributed by atoms with van der Waals surface area (Å²) in [7, 11) is -4.79. The molecule has 0 saturated heterocycles. The van der Waals surface area contributed by atoms with E-state index in [2.05, 4.69) is 93.3 Å². The van der Waals surface area contributed by atoms with Gasteiger partial charge >= 0.3 is 12.2 Å². The van der Waals surface area contributed by atoms with Crippen LogP contribution in [0.3, 0.4) is 0 Å². The lowest BCUT2D eigenvalue weighted by molar-refractivity contribution is 0.194. The highest BCUT2D eigenvalue weighted by molar-refractivity contribution is 6.79. The van der Waals surface area contributed by atoms with E-state index < -0.39 is 28.8 Å². The molecule has 0 N–H and O–H groups in total. The second-order valence-corrected chi connectivity index (χ2v) is 20.4. The Morgan fingerprint density at radius 2 is 0.871 bits per heavy atom. The molecule has 0 spiro atoms. The Kier molecular flexibility index (Phi) is 12.4. The molecule has 0 aromatic heterocycles. The van der Waals surface area contributed by atoms with Crippen molar-refractivity contribution >= 4 is 28.8 Å². The van der Waals surface area contributed by atoms with E-state index >= 15 is 0 Å². The van der Waals surface area contributed by atoms with Crippen molar-refractivity contribution in [3.8, 4) is 0 Å². The highest BCUT2D eigenvalue weighted by atomic mass is 28.4. The van der Waals surface area contributed by atoms with Gasteiger partial charge in [0.25, 0.3) is 16.6 Å². The molecule has 0 heterocycles. The fourth-order valence-electron chi connectivity index (χ4n) is 5.42. The quantitative estimate of drug-likeness (QED) is 0.222. The van der Waals surface area contributed by atoms with E-state index in [-0.39, 0.29) is 16.6 Å². The van der Waals surface area contributed by atoms with E-state index in [4.69, 9.17) is 8.85 Å². The maximum Gasteiger partial charge on any atom is 0.439 e. The van der Waals surface area contributed by atoms with Crippen LogP contribution in [0.2, 0.25) is 34.8 Å². The van der Waals surface area contributed by atoms with Gasteiger partial charge in [0.15, 0.2) is 0 Å². The van der Waals surface area contributed by atoms with E-state index in [9.17, 15) is 9.59 Å². The van der Waals surface area contributed by atoms with Gasteiger partial charge in [0.1, 0.15) is 0 Å². The molecular formula is C23H48N2O4Si2. The molecule has 2 amide bonds. The van der Waals surface area contributed by atoms with Crippen LogP contribution in [0.15, 0.2) is 10.2 Å². The van der Waals surface area contributed by atoms with Gasteiger partial charge in [0, 0.05) is 0 Å². The van der Waals surface area contributed by atoms with Gasteiger partial charge < -0.3 is 8.85 Å². The summed E-state index contributed by atoms with van der Waals surface area (Å²) in [5.41, 5.74) is 0.713. The molecule has 0 aromatic carbocycles. The first-order valence-corrected chi connectivity index (χ1v) is 16.6. The molecule has 0 aromatic rings. The molecule has 0 aliphatic carbocycles. The zero-order valence-electron chi connectivity index (χ0n) is 22.1. The van der Waals surface area contributed by atoms with E-state index in [1.54, 1.807) is 0 Å². The van der Waals surface area contributed by atoms with Crippen LogP contribution in [-0.2, 0) is 8.85 Å². The minimum Gasteiger partial charge on any atom is -0.501 e. The molecule has 0 aliphatic rings. The molecule has 182 valence electrons. The van der Waals surface area contributed by atoms with Crippen molar-refractivity contribution in [2.75, 3.05) is 0 Å². The van der Waals surface area contributed by atoms with Crippen molar-refractivity contribution in [1.29, 1.82) is 0 Å². The van der Waals surface area contributed by atoms with Gasteiger partial charge in [0.05, 0.1) is 0 Å². The van der Waals surface area contributed by atoms with Crippen LogP contribution in [-0.4, -0.2) is 28.8 Å². The summed E-state index contributed by atoms with van der Waals surface area (Å²) >= 11 is 0. The number of azo groups is 1. The number of carbonyl (C=O) groups is 2. The number of nitrogens with zero attached hydrogens (tertiary/aromatic N) is 2. The largest absolute Gasteiger partial charge is 0.501 e. The summed E-state index contributed by atoms with van der Waals surface area (Å²) in [4.78, 5) is 25.2. The monoisotopic (exact) mass is 472 g/mol. The molecule has 0 aliphatic heterocycles. The minimum atomic E-state index is -2.42. The predicted octanol–water partition coefficient (Wildman–Crippen LogP) is 8.80. The Labute approximate surface area is 193 Å². The topological polar surface area (TPSA) is 77.3 Å². The number of carbonyl (C=O) groups excluding carboxylic acids is 2. The van der Waals surface area contributed by atoms with Crippen molar-refractivity contribution < 1.29 is 18.4 Å². The standard InChI is InChI=1S/C23H48N2O4Si2/c1-16(2)13-30(14-17(3)4,15-18(5)6)28-22(26)24-25-23(27)29-31(19(7)8,20(9)10)21(11)12/h16-21H,13-15H2,1-12H3/b25-24+. The summed E-state index contributed by atoms with van der Waals surface area (Å²) in [6.07, 6.45) is -1.53. The first kappa shape index (κ1) is 30.0. The molecule has 0 atom stereocenters. The summed E-state index contributed by atoms with van der Waals surface area (Å²) < 4.78 is 12.0. The summed E-state index contributed by atoms with van der Waals surface area (Å²) in [5.74, 6) is 1.27. The first-order chi connectivity index (χ1) is 14.1. The smallest absolute Gasteiger partial charge is 0.439 e. The molecule has 0 radical (unpaired) electrons. The summed E-state index contributed by atoms with van der Waals surface area (Å²) in [6.45, 7) is 25.5. The summed E-state index contributed by atoms with van der Waals surface area (Å²) in [6, 6.07) is 2.66. The Morgan fingerprint density at radius 3 is 1.13 bits per heavy atom. The van der Waals surface area contributed by atoms with Crippen LogP contribution >= 0.6 is 0 Å². The third-order valence-corrected chi connectivity index (χ3v) is 17.1. The van der Waals surface area contributed by atoms with Crippen LogP contribution in [0.25, 0.3) is 0 Å². The van der Waals surface area contributed by atoms with Crippen LogP contribution in [0.5, 0.6) is 0 Å². The van der Waals surface area contributed by atoms with E-state index in [0.717, 1.165) is 18.1 Å². The highest BCUT2D eigenvalue weighted by Crippen LogP contribution is 2.42. The lowest BCUT2D eigenvalue weighted by Gasteiger charge is -2.40. The lowest BCUT2D eigenvalue weighted by atomic mass is 10.2. The molecule has 0 rings (SSSR count). The minimum absolute atomic E-state index is 0.238. The average molecular weight is 473 g/mol. The van der Waals surface area contributed by atoms with Gasteiger partial charge in [-0.15, -0.1) is 0 Å². The maximum absolute atomic E-state index is 12.6. The van der Waals surface area contributed by atoms with Crippen molar-refractivity contribution in [2.24, 2.45) is 28.0 Å². The van der Waals surface area contributed by atoms with Crippen LogP contribution < -0.4 is 0 Å². The van der Waals surface area contributed by atoms with Gasteiger partial charge in [0.2, 0.25) is 0 Å². The fraction of sp³-hybridized carbons (Fsp3) is 0.913. The molecule has 31 heavy (non-hydrogen) atoms. The zero-order chi connectivity index (χ0) is 24.6. The molecule has 0 saturated carbocycles. The Hall–Kier alpha value is -1.03. The number of hydrogen-bond donors (Lipinski definition) is 0. The summed E-state index contributed by atoms with van der Waals surface area (Å²) in [5, 5.41) is 7.26. The van der Waals surface area contributed by atoms with Crippen molar-refractivity contribution in [1.82, 2.24) is 0 Å². The average Bonchev–Trinajstić information content (AvgIpc) is 2.54. The second kappa shape index (κ2) is 12.9. The van der Waals surface area contributed by atoms with Crippen molar-refractivity contribution in [2.45, 2.75) is 118 Å². The predicted molar refractivity (Wildman–Crippen MR) is 134 cm³/mol. The molecule has 0 unspecified atom stereocenters. The molecule has 0 bridgehead atoms. The van der Waals surface area contributed by atoms with E-state index in [1.807, 2.05) is 0 Å². The van der Waals surface area contributed by atoms with Gasteiger partial charge in [-0.25, -0.2) is 9.59 Å². The molecular weight excluding hydrogens is 424 g/mol. The Bertz CT molecular complexity index is 554. The maximum atomic E-state index is 12.6. The first-order valence-electron chi connectivity index (χ1n) is 12.0. The van der Waals surface area contributed by atoms with Gasteiger partial charge in [-0.1, -0.05) is 93.3 Å². The van der Waals surface area contributed by atoms with Gasteiger partial charge in [-0.3, -0.25) is 0 Å². The normalized spacial score (nSPS) is 13.5. The van der Waals surface area contributed by atoms with Crippen molar-refractivity contribution in [3.05, 3.63) is 0 Å². The van der Waals surface area contributed by atoms with E-state index in [0.29, 0.717) is 17.8 Å². The number of hydrogen-bond acceptors (Lipinski definition) is 4.